The summed E-state index contributed by atoms with van der Waals surface area (Å²) in [6, 6.07) is 19.0. The standard InChI is InChI=1S/C36H20Cl2F8N4O5/c37-21-13-23(39)25(49-29(51)15-27(35(41,42)43)47-33(49)53)11-19(21)31(17-7-3-1-4-8-17)55-32(18-9-5-2-6-10-18)20-12-26(24(40)14-22(20)38)50-30(52)16-28(36(44,45)46)48-34(50)54/h1-16,31-32H,(H,47,53)(H,48,54). The Morgan fingerprint density at radius 3 is 1.20 bits per heavy atom. The van der Waals surface area contributed by atoms with Gasteiger partial charge in [0.15, 0.2) is 0 Å². The average Bonchev–Trinajstić information content (AvgIpc) is 3.10. The highest BCUT2D eigenvalue weighted by Crippen LogP contribution is 2.42. The Balaban J connectivity index is 1.57. The molecule has 0 saturated heterocycles. The summed E-state index contributed by atoms with van der Waals surface area (Å²) in [6.07, 6.45) is -13.1. The van der Waals surface area contributed by atoms with Gasteiger partial charge in [-0.3, -0.25) is 9.59 Å². The Morgan fingerprint density at radius 1 is 0.545 bits per heavy atom. The SMILES string of the molecule is O=c1cc(C(F)(F)F)[nH]c(=O)n1-c1cc(C(OC(c2ccccc2)c2cc(-n3c(=O)cc(C(F)(F)F)[nH]c3=O)c(F)cc2Cl)c2ccccc2)c(Cl)cc1F. The summed E-state index contributed by atoms with van der Waals surface area (Å²) >= 11 is 13.1. The summed E-state index contributed by atoms with van der Waals surface area (Å²) in [5, 5.41) is -0.709. The van der Waals surface area contributed by atoms with Crippen molar-refractivity contribution in [1.29, 1.82) is 0 Å². The predicted octanol–water partition coefficient (Wildman–Crippen LogP) is 7.88. The smallest absolute Gasteiger partial charge is 0.356 e. The minimum Gasteiger partial charge on any atom is -0.356 e. The first-order valence-electron chi connectivity index (χ1n) is 15.5. The Hall–Kier alpha value is -5.78. The number of aromatic nitrogens is 4. The van der Waals surface area contributed by atoms with E-state index in [-0.39, 0.29) is 53.6 Å². The lowest BCUT2D eigenvalue weighted by Crippen LogP contribution is -2.36. The number of nitrogens with one attached hydrogen (secondary N) is 2. The molecule has 0 spiro atoms. The number of hydrogen-bond acceptors (Lipinski definition) is 5. The molecule has 2 atom stereocenters. The lowest BCUT2D eigenvalue weighted by Gasteiger charge is -2.28. The second-order valence-corrected chi connectivity index (χ2v) is 12.5. The third-order valence-corrected chi connectivity index (χ3v) is 8.79. The minimum atomic E-state index is -5.12. The van der Waals surface area contributed by atoms with Gasteiger partial charge in [-0.2, -0.15) is 26.3 Å². The number of halogens is 10. The van der Waals surface area contributed by atoms with Gasteiger partial charge in [-0.1, -0.05) is 83.9 Å². The van der Waals surface area contributed by atoms with E-state index >= 15 is 8.78 Å². The molecule has 0 amide bonds. The average molecular weight is 811 g/mol. The van der Waals surface area contributed by atoms with E-state index in [1.807, 2.05) is 0 Å². The maximum atomic E-state index is 15.5. The van der Waals surface area contributed by atoms with Gasteiger partial charge < -0.3 is 14.7 Å². The van der Waals surface area contributed by atoms with Crippen LogP contribution in [0.5, 0.6) is 0 Å². The van der Waals surface area contributed by atoms with E-state index < -0.39 is 81.5 Å². The Morgan fingerprint density at radius 2 is 0.891 bits per heavy atom. The zero-order valence-corrected chi connectivity index (χ0v) is 28.6. The number of rotatable bonds is 8. The Bertz CT molecular complexity index is 2420. The van der Waals surface area contributed by atoms with Crippen molar-refractivity contribution in [2.45, 2.75) is 24.6 Å². The second-order valence-electron chi connectivity index (χ2n) is 11.7. The topological polar surface area (TPSA) is 119 Å². The van der Waals surface area contributed by atoms with Gasteiger partial charge in [0.05, 0.1) is 11.4 Å². The van der Waals surface area contributed by atoms with Gasteiger partial charge in [0.2, 0.25) is 0 Å². The molecule has 2 heterocycles. The molecule has 55 heavy (non-hydrogen) atoms. The molecule has 9 nitrogen and oxygen atoms in total. The van der Waals surface area contributed by atoms with E-state index in [1.54, 1.807) is 36.4 Å². The van der Waals surface area contributed by atoms with E-state index in [0.717, 1.165) is 12.1 Å². The number of H-pyrrole nitrogens is 2. The first kappa shape index (κ1) is 38.9. The number of hydrogen-bond donors (Lipinski definition) is 2. The van der Waals surface area contributed by atoms with Crippen molar-refractivity contribution in [1.82, 2.24) is 19.1 Å². The van der Waals surface area contributed by atoms with Crippen LogP contribution >= 0.6 is 23.2 Å². The maximum Gasteiger partial charge on any atom is 0.431 e. The van der Waals surface area contributed by atoms with Gasteiger partial charge in [-0.15, -0.1) is 0 Å². The maximum absolute atomic E-state index is 15.5. The van der Waals surface area contributed by atoms with Crippen molar-refractivity contribution < 1.29 is 39.9 Å². The summed E-state index contributed by atoms with van der Waals surface area (Å²) in [5.74, 6) is -2.57. The molecule has 0 bridgehead atoms. The lowest BCUT2D eigenvalue weighted by molar-refractivity contribution is -0.142. The fraction of sp³-hybridized carbons (Fsp3) is 0.111. The second kappa shape index (κ2) is 14.8. The van der Waals surface area contributed by atoms with Crippen molar-refractivity contribution in [2.24, 2.45) is 0 Å². The quantitative estimate of drug-likeness (QED) is 0.152. The monoisotopic (exact) mass is 810 g/mol. The lowest BCUT2D eigenvalue weighted by atomic mass is 9.97. The molecule has 0 saturated carbocycles. The third-order valence-electron chi connectivity index (χ3n) is 8.13. The summed E-state index contributed by atoms with van der Waals surface area (Å²) in [4.78, 5) is 54.3. The van der Waals surface area contributed by atoms with E-state index in [0.29, 0.717) is 12.1 Å². The summed E-state index contributed by atoms with van der Waals surface area (Å²) < 4.78 is 118. The molecular formula is C36H20Cl2F8N4O5. The molecule has 6 aromatic rings. The van der Waals surface area contributed by atoms with Crippen LogP contribution in [0.2, 0.25) is 10.0 Å². The van der Waals surface area contributed by atoms with Crippen molar-refractivity contribution >= 4 is 23.2 Å². The van der Waals surface area contributed by atoms with E-state index in [9.17, 15) is 45.5 Å². The summed E-state index contributed by atoms with van der Waals surface area (Å²) in [6.45, 7) is 0. The van der Waals surface area contributed by atoms with Gasteiger partial charge in [0.1, 0.15) is 35.2 Å². The van der Waals surface area contributed by atoms with E-state index in [2.05, 4.69) is 0 Å². The van der Waals surface area contributed by atoms with Crippen LogP contribution < -0.4 is 22.5 Å². The van der Waals surface area contributed by atoms with Crippen LogP contribution in [0.1, 0.15) is 45.8 Å². The van der Waals surface area contributed by atoms with Crippen molar-refractivity contribution in [3.05, 3.63) is 194 Å². The van der Waals surface area contributed by atoms with Gasteiger partial charge in [-0.25, -0.2) is 27.5 Å². The van der Waals surface area contributed by atoms with Gasteiger partial charge in [0.25, 0.3) is 11.1 Å². The van der Waals surface area contributed by atoms with Crippen LogP contribution in [-0.2, 0) is 17.1 Å². The van der Waals surface area contributed by atoms with Crippen LogP contribution in [0.15, 0.2) is 116 Å². The van der Waals surface area contributed by atoms with Crippen LogP contribution in [0.4, 0.5) is 35.1 Å². The molecule has 0 aliphatic heterocycles. The van der Waals surface area contributed by atoms with Crippen LogP contribution in [-0.4, -0.2) is 19.1 Å². The van der Waals surface area contributed by atoms with Crippen molar-refractivity contribution in [3.63, 3.8) is 0 Å². The van der Waals surface area contributed by atoms with Gasteiger partial charge >= 0.3 is 23.7 Å². The Labute approximate surface area is 311 Å². The molecule has 284 valence electrons. The normalized spacial score (nSPS) is 13.1. The van der Waals surface area contributed by atoms with Crippen molar-refractivity contribution in [3.8, 4) is 11.4 Å². The molecule has 19 heteroatoms. The summed E-state index contributed by atoms with van der Waals surface area (Å²) in [7, 11) is 0. The third kappa shape index (κ3) is 7.90. The highest BCUT2D eigenvalue weighted by molar-refractivity contribution is 6.31. The number of ether oxygens (including phenoxy) is 1. The summed E-state index contributed by atoms with van der Waals surface area (Å²) in [5.41, 5.74) is -11.1. The van der Waals surface area contributed by atoms with Crippen molar-refractivity contribution in [2.75, 3.05) is 0 Å². The van der Waals surface area contributed by atoms with Crippen LogP contribution in [0.3, 0.4) is 0 Å². The molecule has 0 aliphatic carbocycles. The fourth-order valence-corrected chi connectivity index (χ4v) is 6.16. The zero-order chi connectivity index (χ0) is 40.0. The molecular weight excluding hydrogens is 791 g/mol. The molecule has 0 radical (unpaired) electrons. The number of benzene rings is 4. The molecule has 4 aromatic carbocycles. The first-order chi connectivity index (χ1) is 25.8. The number of alkyl halides is 6. The van der Waals surface area contributed by atoms with E-state index in [4.69, 9.17) is 27.9 Å². The van der Waals surface area contributed by atoms with E-state index in [1.165, 1.54) is 34.2 Å². The van der Waals surface area contributed by atoms with Crippen LogP contribution in [0, 0.1) is 11.6 Å². The van der Waals surface area contributed by atoms with Crippen LogP contribution in [0.25, 0.3) is 11.4 Å². The minimum absolute atomic E-state index is 0.0624. The highest BCUT2D eigenvalue weighted by atomic mass is 35.5. The largest absolute Gasteiger partial charge is 0.431 e. The fourth-order valence-electron chi connectivity index (χ4n) is 5.66. The number of aromatic amines is 2. The molecule has 0 fully saturated rings. The molecule has 2 N–H and O–H groups in total. The molecule has 2 unspecified atom stereocenters. The number of nitrogens with zero attached hydrogens (tertiary/aromatic N) is 2. The Kier molecular flexibility index (Phi) is 10.5. The van der Waals surface area contributed by atoms with Gasteiger partial charge in [0, 0.05) is 33.3 Å². The highest BCUT2D eigenvalue weighted by Gasteiger charge is 2.35. The molecule has 2 aromatic heterocycles. The first-order valence-corrected chi connectivity index (χ1v) is 16.2. The zero-order valence-electron chi connectivity index (χ0n) is 27.1. The predicted molar refractivity (Wildman–Crippen MR) is 183 cm³/mol. The van der Waals surface area contributed by atoms with Gasteiger partial charge in [-0.05, 0) is 35.4 Å². The molecule has 0 aliphatic rings. The molecule has 6 rings (SSSR count).